The molecule has 8 heteroatoms. The summed E-state index contributed by atoms with van der Waals surface area (Å²) in [6.07, 6.45) is -7.61. The van der Waals surface area contributed by atoms with Crippen LogP contribution >= 0.6 is 11.6 Å². The summed E-state index contributed by atoms with van der Waals surface area (Å²) in [5.74, 6) is -3.81. The number of benzene rings is 1. The number of Topliss-reactive ketones (excluding diaryl/α,β-unsaturated/α-hetero) is 1. The van der Waals surface area contributed by atoms with E-state index in [1.165, 1.54) is 25.1 Å². The smallest absolute Gasteiger partial charge is 0.454 e. The van der Waals surface area contributed by atoms with Gasteiger partial charge in [0.05, 0.1) is 6.61 Å². The second-order valence-electron chi connectivity index (χ2n) is 4.02. The molecule has 0 fully saturated rings. The predicted octanol–water partition coefficient (Wildman–Crippen LogP) is 3.09. The molecule has 4 nitrogen and oxygen atoms in total. The molecule has 116 valence electrons. The van der Waals surface area contributed by atoms with Gasteiger partial charge in [0.2, 0.25) is 0 Å². The van der Waals surface area contributed by atoms with Gasteiger partial charge < -0.3 is 9.47 Å². The van der Waals surface area contributed by atoms with E-state index in [1.807, 2.05) is 0 Å². The lowest BCUT2D eigenvalue weighted by Gasteiger charge is -2.18. The summed E-state index contributed by atoms with van der Waals surface area (Å²) in [6.45, 7) is 2.82. The van der Waals surface area contributed by atoms with Gasteiger partial charge in [0.25, 0.3) is 11.9 Å². The van der Waals surface area contributed by atoms with Crippen LogP contribution in [0.2, 0.25) is 5.02 Å². The normalized spacial score (nSPS) is 12.7. The monoisotopic (exact) mass is 324 g/mol. The molecule has 1 aromatic carbocycles. The van der Waals surface area contributed by atoms with Crippen molar-refractivity contribution >= 4 is 23.4 Å². The third-order valence-corrected chi connectivity index (χ3v) is 2.83. The molecule has 0 radical (unpaired) electrons. The Labute approximate surface area is 123 Å². The van der Waals surface area contributed by atoms with Crippen LogP contribution in [0.5, 0.6) is 5.75 Å². The van der Waals surface area contributed by atoms with E-state index in [0.717, 1.165) is 0 Å². The Morgan fingerprint density at radius 1 is 1.33 bits per heavy atom. The van der Waals surface area contributed by atoms with Gasteiger partial charge in [0, 0.05) is 5.02 Å². The van der Waals surface area contributed by atoms with Crippen molar-refractivity contribution in [1.29, 1.82) is 0 Å². The average Bonchev–Trinajstić information content (AvgIpc) is 2.38. The van der Waals surface area contributed by atoms with Crippen LogP contribution in [0.3, 0.4) is 0 Å². The maximum Gasteiger partial charge on any atom is 0.454 e. The molecule has 1 atom stereocenters. The number of ether oxygens (including phenoxy) is 2. The highest BCUT2D eigenvalue weighted by Crippen LogP contribution is 2.25. The zero-order valence-electron chi connectivity index (χ0n) is 11.2. The Morgan fingerprint density at radius 2 is 1.95 bits per heavy atom. The maximum absolute atomic E-state index is 12.5. The molecular formula is C13H12ClF3O4. The van der Waals surface area contributed by atoms with Gasteiger partial charge in [-0.2, -0.15) is 13.2 Å². The quantitative estimate of drug-likeness (QED) is 0.617. The van der Waals surface area contributed by atoms with Crippen molar-refractivity contribution in [3.05, 3.63) is 28.8 Å². The number of carbonyl (C=O) groups excluding carboxylic acids is 2. The minimum absolute atomic E-state index is 0.0902. The summed E-state index contributed by atoms with van der Waals surface area (Å²) >= 11 is 5.77. The van der Waals surface area contributed by atoms with Gasteiger partial charge in [-0.05, 0) is 37.6 Å². The van der Waals surface area contributed by atoms with E-state index >= 15 is 0 Å². The largest absolute Gasteiger partial charge is 0.470 e. The molecule has 1 rings (SSSR count). The fraction of sp³-hybridized carbons (Fsp3) is 0.385. The molecule has 0 aliphatic carbocycles. The Kier molecular flexibility index (Phi) is 5.60. The van der Waals surface area contributed by atoms with Gasteiger partial charge in [-0.3, -0.25) is 4.79 Å². The molecule has 21 heavy (non-hydrogen) atoms. The van der Waals surface area contributed by atoms with Crippen molar-refractivity contribution in [3.63, 3.8) is 0 Å². The van der Waals surface area contributed by atoms with Crippen LogP contribution < -0.4 is 4.74 Å². The Morgan fingerprint density at radius 3 is 2.43 bits per heavy atom. The van der Waals surface area contributed by atoms with Crippen molar-refractivity contribution in [1.82, 2.24) is 0 Å². The number of halogens is 4. The van der Waals surface area contributed by atoms with E-state index in [0.29, 0.717) is 10.6 Å². The van der Waals surface area contributed by atoms with Crippen molar-refractivity contribution in [2.45, 2.75) is 26.1 Å². The maximum atomic E-state index is 12.5. The van der Waals surface area contributed by atoms with Crippen LogP contribution in [-0.2, 0) is 14.3 Å². The summed E-state index contributed by atoms with van der Waals surface area (Å²) in [7, 11) is 0. The Balaban J connectivity index is 3.04. The molecule has 0 bridgehead atoms. The van der Waals surface area contributed by atoms with Crippen molar-refractivity contribution in [3.8, 4) is 5.75 Å². The van der Waals surface area contributed by atoms with Gasteiger partial charge >= 0.3 is 12.1 Å². The Bertz CT molecular complexity index is 543. The SMILES string of the molecule is CCOC(=O)C(Oc1ccc(Cl)c(C)c1)C(=O)C(F)(F)F. The predicted molar refractivity (Wildman–Crippen MR) is 68.3 cm³/mol. The molecule has 0 amide bonds. The highest BCUT2D eigenvalue weighted by Gasteiger charge is 2.48. The van der Waals surface area contributed by atoms with Crippen molar-refractivity contribution in [2.24, 2.45) is 0 Å². The van der Waals surface area contributed by atoms with Gasteiger partial charge in [-0.25, -0.2) is 4.79 Å². The van der Waals surface area contributed by atoms with Crippen LogP contribution in [-0.4, -0.2) is 30.6 Å². The lowest BCUT2D eigenvalue weighted by atomic mass is 10.2. The second-order valence-corrected chi connectivity index (χ2v) is 4.43. The molecule has 0 spiro atoms. The van der Waals surface area contributed by atoms with Crippen LogP contribution in [0.4, 0.5) is 13.2 Å². The van der Waals surface area contributed by atoms with Gasteiger partial charge in [0.15, 0.2) is 0 Å². The molecule has 0 heterocycles. The van der Waals surface area contributed by atoms with E-state index < -0.39 is 24.0 Å². The third-order valence-electron chi connectivity index (χ3n) is 2.40. The standard InChI is InChI=1S/C13H12ClF3O4/c1-3-20-12(19)10(11(18)13(15,16)17)21-8-4-5-9(14)7(2)6-8/h4-6,10H,3H2,1-2H3. The summed E-state index contributed by atoms with van der Waals surface area (Å²) in [5.41, 5.74) is 0.524. The topological polar surface area (TPSA) is 52.6 Å². The molecule has 1 unspecified atom stereocenters. The van der Waals surface area contributed by atoms with Gasteiger partial charge in [0.1, 0.15) is 5.75 Å². The second kappa shape index (κ2) is 6.80. The number of hydrogen-bond acceptors (Lipinski definition) is 4. The highest BCUT2D eigenvalue weighted by molar-refractivity contribution is 6.31. The first-order chi connectivity index (χ1) is 9.66. The summed E-state index contributed by atoms with van der Waals surface area (Å²) in [4.78, 5) is 22.8. The molecule has 0 N–H and O–H groups in total. The average molecular weight is 325 g/mol. The van der Waals surface area contributed by atoms with E-state index in [1.54, 1.807) is 6.92 Å². The number of alkyl halides is 3. The first-order valence-electron chi connectivity index (χ1n) is 5.87. The zero-order valence-corrected chi connectivity index (χ0v) is 11.9. The van der Waals surface area contributed by atoms with Gasteiger partial charge in [-0.1, -0.05) is 11.6 Å². The molecule has 0 aromatic heterocycles. The molecular weight excluding hydrogens is 313 g/mol. The minimum atomic E-state index is -5.21. The number of rotatable bonds is 5. The number of esters is 1. The third kappa shape index (κ3) is 4.63. The number of aryl methyl sites for hydroxylation is 1. The van der Waals surface area contributed by atoms with Gasteiger partial charge in [-0.15, -0.1) is 0 Å². The number of carbonyl (C=O) groups is 2. The molecule has 0 saturated carbocycles. The fourth-order valence-electron chi connectivity index (χ4n) is 1.40. The molecule has 0 aliphatic rings. The van der Waals surface area contributed by atoms with Crippen LogP contribution in [0.1, 0.15) is 12.5 Å². The molecule has 0 saturated heterocycles. The summed E-state index contributed by atoms with van der Waals surface area (Å²) < 4.78 is 46.7. The lowest BCUT2D eigenvalue weighted by Crippen LogP contribution is -2.44. The van der Waals surface area contributed by atoms with Crippen LogP contribution in [0.25, 0.3) is 0 Å². The van der Waals surface area contributed by atoms with Crippen LogP contribution in [0, 0.1) is 6.92 Å². The minimum Gasteiger partial charge on any atom is -0.470 e. The number of hydrogen-bond donors (Lipinski definition) is 0. The Hall–Kier alpha value is -1.76. The summed E-state index contributed by atoms with van der Waals surface area (Å²) in [6, 6.07) is 3.95. The molecule has 0 aliphatic heterocycles. The van der Waals surface area contributed by atoms with E-state index in [2.05, 4.69) is 4.74 Å². The van der Waals surface area contributed by atoms with E-state index in [4.69, 9.17) is 16.3 Å². The first-order valence-corrected chi connectivity index (χ1v) is 6.25. The molecule has 1 aromatic rings. The lowest BCUT2D eigenvalue weighted by molar-refractivity contribution is -0.184. The highest BCUT2D eigenvalue weighted by atomic mass is 35.5. The zero-order chi connectivity index (χ0) is 16.2. The van der Waals surface area contributed by atoms with Crippen molar-refractivity contribution in [2.75, 3.05) is 6.61 Å². The van der Waals surface area contributed by atoms with E-state index in [-0.39, 0.29) is 12.4 Å². The van der Waals surface area contributed by atoms with Crippen molar-refractivity contribution < 1.29 is 32.2 Å². The summed E-state index contributed by atoms with van der Waals surface area (Å²) in [5, 5.41) is 0.372. The fourth-order valence-corrected chi connectivity index (χ4v) is 1.52. The van der Waals surface area contributed by atoms with Crippen LogP contribution in [0.15, 0.2) is 18.2 Å². The number of ketones is 1. The first kappa shape index (κ1) is 17.3. The van der Waals surface area contributed by atoms with E-state index in [9.17, 15) is 22.8 Å².